The van der Waals surface area contributed by atoms with E-state index in [2.05, 4.69) is 9.88 Å². The van der Waals surface area contributed by atoms with Crippen molar-refractivity contribution in [3.63, 3.8) is 0 Å². The van der Waals surface area contributed by atoms with Gasteiger partial charge in [-0.1, -0.05) is 0 Å². The highest BCUT2D eigenvalue weighted by Crippen LogP contribution is 2.32. The second-order valence-electron chi connectivity index (χ2n) is 6.92. The zero-order chi connectivity index (χ0) is 14.9. The van der Waals surface area contributed by atoms with Crippen LogP contribution in [0.2, 0.25) is 0 Å². The number of hydrogen-bond donors (Lipinski definition) is 0. The van der Waals surface area contributed by atoms with E-state index in [4.69, 9.17) is 4.74 Å². The summed E-state index contributed by atoms with van der Waals surface area (Å²) in [6, 6.07) is 3.69. The Morgan fingerprint density at radius 2 is 2.09 bits per heavy atom. The van der Waals surface area contributed by atoms with E-state index in [0.717, 1.165) is 39.4 Å². The van der Waals surface area contributed by atoms with Gasteiger partial charge in [-0.15, -0.1) is 0 Å². The minimum Gasteiger partial charge on any atom is -0.381 e. The van der Waals surface area contributed by atoms with Crippen molar-refractivity contribution in [3.8, 4) is 0 Å². The highest BCUT2D eigenvalue weighted by Gasteiger charge is 2.42. The first-order valence-electron chi connectivity index (χ1n) is 8.29. The summed E-state index contributed by atoms with van der Waals surface area (Å²) in [5.74, 6) is 2.14. The molecule has 4 heterocycles. The predicted molar refractivity (Wildman–Crippen MR) is 82.5 cm³/mol. The lowest BCUT2D eigenvalue weighted by atomic mass is 10.0. The van der Waals surface area contributed by atoms with E-state index >= 15 is 0 Å². The lowest BCUT2D eigenvalue weighted by molar-refractivity contribution is 0.0771. The quantitative estimate of drug-likeness (QED) is 0.839. The van der Waals surface area contributed by atoms with Gasteiger partial charge in [-0.25, -0.2) is 0 Å². The van der Waals surface area contributed by atoms with Crippen molar-refractivity contribution in [2.45, 2.75) is 6.42 Å². The average Bonchev–Trinajstić information content (AvgIpc) is 3.24. The molecule has 0 saturated carbocycles. The number of aromatic nitrogens is 1. The Balaban J connectivity index is 1.32. The predicted octanol–water partition coefficient (Wildman–Crippen LogP) is 1.12. The Hall–Kier alpha value is -1.46. The van der Waals surface area contributed by atoms with Gasteiger partial charge >= 0.3 is 0 Å². The van der Waals surface area contributed by atoms with E-state index in [-0.39, 0.29) is 5.91 Å². The van der Waals surface area contributed by atoms with Gasteiger partial charge in [0.05, 0.1) is 12.2 Å². The van der Waals surface area contributed by atoms with Gasteiger partial charge in [0.15, 0.2) is 0 Å². The smallest absolute Gasteiger partial charge is 0.255 e. The zero-order valence-corrected chi connectivity index (χ0v) is 12.9. The third-order valence-electron chi connectivity index (χ3n) is 5.30. The van der Waals surface area contributed by atoms with Gasteiger partial charge in [0.25, 0.3) is 5.91 Å². The van der Waals surface area contributed by atoms with Gasteiger partial charge in [-0.05, 0) is 36.3 Å². The van der Waals surface area contributed by atoms with Crippen LogP contribution < -0.4 is 0 Å². The van der Waals surface area contributed by atoms with Gasteiger partial charge in [0.2, 0.25) is 0 Å². The van der Waals surface area contributed by atoms with Crippen LogP contribution in [0.1, 0.15) is 16.8 Å². The van der Waals surface area contributed by atoms with Crippen molar-refractivity contribution in [1.29, 1.82) is 0 Å². The molecule has 22 heavy (non-hydrogen) atoms. The van der Waals surface area contributed by atoms with Crippen molar-refractivity contribution in [2.24, 2.45) is 17.8 Å². The van der Waals surface area contributed by atoms with Crippen molar-refractivity contribution >= 4 is 5.91 Å². The van der Waals surface area contributed by atoms with Crippen LogP contribution in [0.25, 0.3) is 0 Å². The molecule has 4 rings (SSSR count). The second-order valence-corrected chi connectivity index (χ2v) is 6.92. The van der Waals surface area contributed by atoms with Crippen LogP contribution in [0.3, 0.4) is 0 Å². The number of amides is 1. The Kier molecular flexibility index (Phi) is 3.84. The van der Waals surface area contributed by atoms with E-state index in [9.17, 15) is 4.79 Å². The summed E-state index contributed by atoms with van der Waals surface area (Å²) in [6.45, 7) is 7.10. The van der Waals surface area contributed by atoms with Crippen LogP contribution in [0.4, 0.5) is 0 Å². The number of pyridine rings is 1. The van der Waals surface area contributed by atoms with E-state index < -0.39 is 0 Å². The molecule has 0 radical (unpaired) electrons. The van der Waals surface area contributed by atoms with Crippen LogP contribution >= 0.6 is 0 Å². The number of ether oxygens (including phenoxy) is 1. The summed E-state index contributed by atoms with van der Waals surface area (Å²) in [5.41, 5.74) is 0.711. The maximum Gasteiger partial charge on any atom is 0.255 e. The lowest BCUT2D eigenvalue weighted by Gasteiger charge is -2.23. The summed E-state index contributed by atoms with van der Waals surface area (Å²) < 4.78 is 5.47. The molecule has 5 nitrogen and oxygen atoms in total. The molecule has 1 aromatic heterocycles. The summed E-state index contributed by atoms with van der Waals surface area (Å²) in [4.78, 5) is 21.1. The number of carbonyl (C=O) groups is 1. The molecule has 1 amide bonds. The molecular formula is C17H23N3O2. The standard InChI is InChI=1S/C17H23N3O2/c21-17(14-2-1-4-18-6-14)20-10-15-8-19(9-16(15)11-20)7-13-3-5-22-12-13/h1-2,4,6,13,15-16H,3,5,7-12H2/t13-,15-,16+/m0/s1. The van der Waals surface area contributed by atoms with Gasteiger partial charge in [-0.2, -0.15) is 0 Å². The van der Waals surface area contributed by atoms with Gasteiger partial charge in [-0.3, -0.25) is 9.78 Å². The summed E-state index contributed by atoms with van der Waals surface area (Å²) in [5, 5.41) is 0. The molecule has 118 valence electrons. The van der Waals surface area contributed by atoms with Crippen LogP contribution in [0.15, 0.2) is 24.5 Å². The van der Waals surface area contributed by atoms with Crippen LogP contribution in [0, 0.1) is 17.8 Å². The molecular weight excluding hydrogens is 278 g/mol. The molecule has 3 aliphatic heterocycles. The maximum atomic E-state index is 12.5. The van der Waals surface area contributed by atoms with Crippen LogP contribution in [-0.2, 0) is 4.74 Å². The molecule has 0 spiro atoms. The Morgan fingerprint density at radius 1 is 1.27 bits per heavy atom. The number of fused-ring (bicyclic) bond motifs is 1. The molecule has 3 atom stereocenters. The maximum absolute atomic E-state index is 12.5. The Bertz CT molecular complexity index is 516. The van der Waals surface area contributed by atoms with E-state index in [1.807, 2.05) is 17.0 Å². The molecule has 0 aliphatic carbocycles. The highest BCUT2D eigenvalue weighted by atomic mass is 16.5. The molecule has 0 bridgehead atoms. The van der Waals surface area contributed by atoms with Crippen LogP contribution in [0.5, 0.6) is 0 Å². The first kappa shape index (κ1) is 14.2. The number of hydrogen-bond acceptors (Lipinski definition) is 4. The molecule has 3 fully saturated rings. The molecule has 0 aromatic carbocycles. The molecule has 0 N–H and O–H groups in total. The monoisotopic (exact) mass is 301 g/mol. The normalized spacial score (nSPS) is 31.6. The third kappa shape index (κ3) is 2.75. The molecule has 0 unspecified atom stereocenters. The summed E-state index contributed by atoms with van der Waals surface area (Å²) >= 11 is 0. The SMILES string of the molecule is O=C(c1cccnc1)N1C[C@H]2CN(C[C@@H]3CCOC3)C[C@H]2C1. The largest absolute Gasteiger partial charge is 0.381 e. The minimum absolute atomic E-state index is 0.137. The van der Waals surface area contributed by atoms with Crippen molar-refractivity contribution in [3.05, 3.63) is 30.1 Å². The van der Waals surface area contributed by atoms with Crippen molar-refractivity contribution in [1.82, 2.24) is 14.8 Å². The lowest BCUT2D eigenvalue weighted by Crippen LogP contribution is -2.35. The molecule has 3 aliphatic rings. The number of carbonyl (C=O) groups excluding carboxylic acids is 1. The summed E-state index contributed by atoms with van der Waals surface area (Å²) in [6.07, 6.45) is 4.58. The molecule has 3 saturated heterocycles. The zero-order valence-electron chi connectivity index (χ0n) is 12.9. The average molecular weight is 301 g/mol. The van der Waals surface area contributed by atoms with E-state index in [1.165, 1.54) is 13.0 Å². The minimum atomic E-state index is 0.137. The van der Waals surface area contributed by atoms with Crippen molar-refractivity contribution < 1.29 is 9.53 Å². The van der Waals surface area contributed by atoms with Gasteiger partial charge in [0.1, 0.15) is 0 Å². The highest BCUT2D eigenvalue weighted by molar-refractivity contribution is 5.94. The Labute approximate surface area is 131 Å². The first-order chi connectivity index (χ1) is 10.8. The Morgan fingerprint density at radius 3 is 2.73 bits per heavy atom. The number of rotatable bonds is 3. The fourth-order valence-corrected chi connectivity index (χ4v) is 4.17. The number of nitrogens with zero attached hydrogens (tertiary/aromatic N) is 3. The van der Waals surface area contributed by atoms with Crippen LogP contribution in [-0.4, -0.2) is 66.6 Å². The third-order valence-corrected chi connectivity index (χ3v) is 5.30. The topological polar surface area (TPSA) is 45.7 Å². The van der Waals surface area contributed by atoms with Gasteiger partial charge < -0.3 is 14.5 Å². The van der Waals surface area contributed by atoms with Gasteiger partial charge in [0, 0.05) is 51.7 Å². The molecule has 1 aromatic rings. The number of likely N-dealkylation sites (tertiary alicyclic amines) is 2. The van der Waals surface area contributed by atoms with E-state index in [0.29, 0.717) is 23.3 Å². The van der Waals surface area contributed by atoms with E-state index in [1.54, 1.807) is 12.4 Å². The fraction of sp³-hybridized carbons (Fsp3) is 0.647. The molecule has 5 heteroatoms. The first-order valence-corrected chi connectivity index (χ1v) is 8.29. The van der Waals surface area contributed by atoms with Crippen molar-refractivity contribution in [2.75, 3.05) is 45.9 Å². The second kappa shape index (κ2) is 5.97. The fourth-order valence-electron chi connectivity index (χ4n) is 4.17. The summed E-state index contributed by atoms with van der Waals surface area (Å²) in [7, 11) is 0.